The smallest absolute Gasteiger partial charge is 0.242 e. The summed E-state index contributed by atoms with van der Waals surface area (Å²) in [6.45, 7) is 5.33. The van der Waals surface area contributed by atoms with Crippen molar-refractivity contribution in [2.24, 2.45) is 0 Å². The van der Waals surface area contributed by atoms with Crippen molar-refractivity contribution in [1.29, 1.82) is 5.26 Å². The van der Waals surface area contributed by atoms with E-state index in [9.17, 15) is 13.5 Å². The molecule has 23 heavy (non-hydrogen) atoms. The average Bonchev–Trinajstić information content (AvgIpc) is 2.47. The first-order valence-electron chi connectivity index (χ1n) is 7.21. The Bertz CT molecular complexity index is 665. The number of anilines is 1. The molecule has 0 aliphatic heterocycles. The molecule has 0 unspecified atom stereocenters. The van der Waals surface area contributed by atoms with Crippen molar-refractivity contribution in [2.75, 3.05) is 18.2 Å². The Kier molecular flexibility index (Phi) is 7.35. The predicted octanol–water partition coefficient (Wildman–Crippen LogP) is 1.77. The molecule has 1 aromatic carbocycles. The molecular weight excluding hydrogens is 334 g/mol. The van der Waals surface area contributed by atoms with E-state index in [0.29, 0.717) is 5.69 Å². The molecule has 0 bridgehead atoms. The van der Waals surface area contributed by atoms with Crippen LogP contribution in [0.3, 0.4) is 0 Å². The molecule has 1 rings (SSSR count). The zero-order valence-corrected chi connectivity index (χ0v) is 15.3. The van der Waals surface area contributed by atoms with Gasteiger partial charge in [0.2, 0.25) is 10.0 Å². The highest BCUT2D eigenvalue weighted by Crippen LogP contribution is 2.25. The summed E-state index contributed by atoms with van der Waals surface area (Å²) in [5.74, 6) is 0. The molecule has 2 atom stereocenters. The molecule has 0 radical (unpaired) electrons. The zero-order chi connectivity index (χ0) is 17.6. The Morgan fingerprint density at radius 3 is 2.48 bits per heavy atom. The number of aliphatic hydroxyl groups is 1. The Morgan fingerprint density at radius 1 is 1.35 bits per heavy atom. The Labute approximate surface area is 142 Å². The van der Waals surface area contributed by atoms with Crippen LogP contribution in [0.4, 0.5) is 5.69 Å². The van der Waals surface area contributed by atoms with Crippen LogP contribution < -0.4 is 10.0 Å². The third-order valence-corrected chi connectivity index (χ3v) is 6.08. The number of nitrogens with zero attached hydrogens (tertiary/aromatic N) is 1. The van der Waals surface area contributed by atoms with E-state index >= 15 is 0 Å². The van der Waals surface area contributed by atoms with Gasteiger partial charge in [-0.15, -0.1) is 0 Å². The van der Waals surface area contributed by atoms with Gasteiger partial charge in [-0.2, -0.15) is 17.0 Å². The van der Waals surface area contributed by atoms with E-state index in [4.69, 9.17) is 5.26 Å². The molecule has 0 spiro atoms. The molecule has 1 aromatic rings. The van der Waals surface area contributed by atoms with Gasteiger partial charge in [-0.3, -0.25) is 0 Å². The van der Waals surface area contributed by atoms with Crippen molar-refractivity contribution in [3.63, 3.8) is 0 Å². The van der Waals surface area contributed by atoms with E-state index in [1.165, 1.54) is 17.8 Å². The fourth-order valence-corrected chi connectivity index (χ4v) is 4.15. The van der Waals surface area contributed by atoms with Crippen molar-refractivity contribution in [3.05, 3.63) is 23.8 Å². The SMILES string of the molecule is CS[C@H](CO)[C@@H](C)Nc1ccc(C#N)cc1S(=O)(=O)NC(C)C. The first-order valence-corrected chi connectivity index (χ1v) is 9.99. The number of hydrogen-bond donors (Lipinski definition) is 3. The average molecular weight is 358 g/mol. The Balaban J connectivity index is 3.25. The van der Waals surface area contributed by atoms with Crippen LogP contribution in [0.2, 0.25) is 0 Å². The molecule has 0 aromatic heterocycles. The van der Waals surface area contributed by atoms with Crippen molar-refractivity contribution >= 4 is 27.5 Å². The number of nitrogens with one attached hydrogen (secondary N) is 2. The maximum absolute atomic E-state index is 12.5. The van der Waals surface area contributed by atoms with Crippen molar-refractivity contribution in [2.45, 2.75) is 43.0 Å². The normalized spacial score (nSPS) is 14.3. The standard InChI is InChI=1S/C15H23N3O3S2/c1-10(2)18-23(20,21)15-7-12(8-16)5-6-13(15)17-11(3)14(9-19)22-4/h5-7,10-11,14,17-19H,9H2,1-4H3/t11-,14-/m1/s1. The highest BCUT2D eigenvalue weighted by molar-refractivity contribution is 7.99. The van der Waals surface area contributed by atoms with Gasteiger partial charge in [0, 0.05) is 17.3 Å². The van der Waals surface area contributed by atoms with Crippen LogP contribution in [0.15, 0.2) is 23.1 Å². The number of benzene rings is 1. The van der Waals surface area contributed by atoms with Gasteiger partial charge in [-0.05, 0) is 45.2 Å². The monoisotopic (exact) mass is 357 g/mol. The van der Waals surface area contributed by atoms with Gasteiger partial charge >= 0.3 is 0 Å². The van der Waals surface area contributed by atoms with Gasteiger partial charge in [0.25, 0.3) is 0 Å². The van der Waals surface area contributed by atoms with Crippen LogP contribution in [-0.2, 0) is 10.0 Å². The highest BCUT2D eigenvalue weighted by Gasteiger charge is 2.23. The number of thioether (sulfide) groups is 1. The lowest BCUT2D eigenvalue weighted by Gasteiger charge is -2.24. The predicted molar refractivity (Wildman–Crippen MR) is 94.1 cm³/mol. The van der Waals surface area contributed by atoms with Gasteiger partial charge in [-0.1, -0.05) is 0 Å². The minimum atomic E-state index is -3.74. The van der Waals surface area contributed by atoms with Gasteiger partial charge in [-0.25, -0.2) is 13.1 Å². The quantitative estimate of drug-likeness (QED) is 0.655. The maximum atomic E-state index is 12.5. The Hall–Kier alpha value is -1.27. The van der Waals surface area contributed by atoms with Gasteiger partial charge < -0.3 is 10.4 Å². The van der Waals surface area contributed by atoms with E-state index in [1.807, 2.05) is 19.2 Å². The van der Waals surface area contributed by atoms with Gasteiger partial charge in [0.15, 0.2) is 0 Å². The minimum Gasteiger partial charge on any atom is -0.395 e. The molecular formula is C15H23N3O3S2. The number of sulfonamides is 1. The third kappa shape index (κ3) is 5.39. The van der Waals surface area contributed by atoms with Crippen molar-refractivity contribution in [1.82, 2.24) is 4.72 Å². The summed E-state index contributed by atoms with van der Waals surface area (Å²) in [5.41, 5.74) is 0.688. The van der Waals surface area contributed by atoms with Crippen molar-refractivity contribution in [3.8, 4) is 6.07 Å². The number of aliphatic hydroxyl groups excluding tert-OH is 1. The molecule has 128 valence electrons. The molecule has 0 saturated carbocycles. The van der Waals surface area contributed by atoms with Crippen LogP contribution in [0.5, 0.6) is 0 Å². The Morgan fingerprint density at radius 2 is 2.00 bits per heavy atom. The fraction of sp³-hybridized carbons (Fsp3) is 0.533. The lowest BCUT2D eigenvalue weighted by Crippen LogP contribution is -2.34. The summed E-state index contributed by atoms with van der Waals surface area (Å²) < 4.78 is 27.5. The highest BCUT2D eigenvalue weighted by atomic mass is 32.2. The van der Waals surface area contributed by atoms with Crippen LogP contribution in [0.25, 0.3) is 0 Å². The number of rotatable bonds is 8. The van der Waals surface area contributed by atoms with Crippen molar-refractivity contribution < 1.29 is 13.5 Å². The van der Waals surface area contributed by atoms with E-state index in [2.05, 4.69) is 10.0 Å². The molecule has 0 amide bonds. The zero-order valence-electron chi connectivity index (χ0n) is 13.7. The minimum absolute atomic E-state index is 0.0159. The third-order valence-electron chi connectivity index (χ3n) is 3.21. The molecule has 6 nitrogen and oxygen atoms in total. The molecule has 0 saturated heterocycles. The number of nitriles is 1. The topological polar surface area (TPSA) is 102 Å². The van der Waals surface area contributed by atoms with E-state index < -0.39 is 10.0 Å². The molecule has 3 N–H and O–H groups in total. The first kappa shape index (κ1) is 19.8. The van der Waals surface area contributed by atoms with E-state index in [1.54, 1.807) is 26.0 Å². The summed E-state index contributed by atoms with van der Waals surface area (Å²) in [4.78, 5) is 0.0369. The fourth-order valence-electron chi connectivity index (χ4n) is 2.08. The van der Waals surface area contributed by atoms with Crippen LogP contribution in [0, 0.1) is 11.3 Å². The molecule has 0 fully saturated rings. The summed E-state index contributed by atoms with van der Waals surface area (Å²) in [7, 11) is -3.74. The second kappa shape index (κ2) is 8.55. The van der Waals surface area contributed by atoms with Crippen LogP contribution >= 0.6 is 11.8 Å². The summed E-state index contributed by atoms with van der Waals surface area (Å²) in [6.07, 6.45) is 1.88. The lowest BCUT2D eigenvalue weighted by molar-refractivity contribution is 0.288. The molecule has 0 heterocycles. The summed E-state index contributed by atoms with van der Waals surface area (Å²) in [5, 5.41) is 21.5. The van der Waals surface area contributed by atoms with E-state index in [-0.39, 0.29) is 34.4 Å². The molecule has 0 aliphatic rings. The second-order valence-electron chi connectivity index (χ2n) is 5.49. The van der Waals surface area contributed by atoms with Gasteiger partial charge in [0.05, 0.1) is 23.9 Å². The van der Waals surface area contributed by atoms with Crippen LogP contribution in [-0.4, -0.2) is 43.7 Å². The largest absolute Gasteiger partial charge is 0.395 e. The van der Waals surface area contributed by atoms with E-state index in [0.717, 1.165) is 0 Å². The lowest BCUT2D eigenvalue weighted by atomic mass is 10.2. The summed E-state index contributed by atoms with van der Waals surface area (Å²) >= 11 is 1.50. The maximum Gasteiger partial charge on any atom is 0.242 e. The van der Waals surface area contributed by atoms with Gasteiger partial charge in [0.1, 0.15) is 4.90 Å². The number of hydrogen-bond acceptors (Lipinski definition) is 6. The molecule has 8 heteroatoms. The summed E-state index contributed by atoms with van der Waals surface area (Å²) in [6, 6.07) is 6.06. The molecule has 0 aliphatic carbocycles. The first-order chi connectivity index (χ1) is 10.7. The second-order valence-corrected chi connectivity index (χ2v) is 8.25. The van der Waals surface area contributed by atoms with Crippen LogP contribution in [0.1, 0.15) is 26.3 Å².